The number of nitrogens with zero attached hydrogens (tertiary/aromatic N) is 1. The first kappa shape index (κ1) is 14.7. The second kappa shape index (κ2) is 6.64. The van der Waals surface area contributed by atoms with Gasteiger partial charge in [-0.1, -0.05) is 29.8 Å². The number of hydrogen-bond donors (Lipinski definition) is 1. The van der Waals surface area contributed by atoms with Crippen molar-refractivity contribution in [3.8, 4) is 5.75 Å². The van der Waals surface area contributed by atoms with Crippen molar-refractivity contribution in [3.05, 3.63) is 58.6 Å². The summed E-state index contributed by atoms with van der Waals surface area (Å²) in [6, 6.07) is 13.7. The van der Waals surface area contributed by atoms with Crippen molar-refractivity contribution in [1.82, 2.24) is 4.90 Å². The van der Waals surface area contributed by atoms with E-state index in [-0.39, 0.29) is 0 Å². The third kappa shape index (κ3) is 3.89. The normalized spacial score (nSPS) is 10.8. The molecule has 2 rings (SSSR count). The topological polar surface area (TPSA) is 38.5 Å². The highest BCUT2D eigenvalue weighted by molar-refractivity contribution is 6.31. The summed E-state index contributed by atoms with van der Waals surface area (Å²) in [6.45, 7) is 1.63. The van der Waals surface area contributed by atoms with E-state index in [2.05, 4.69) is 24.1 Å². The van der Waals surface area contributed by atoms with Crippen LogP contribution in [0.5, 0.6) is 5.75 Å². The molecule has 0 aromatic heterocycles. The molecular weight excluding hydrogens is 272 g/mol. The number of halogens is 1. The Bertz CT molecular complexity index is 569. The number of ether oxygens (including phenoxy) is 1. The lowest BCUT2D eigenvalue weighted by Gasteiger charge is -2.18. The van der Waals surface area contributed by atoms with Crippen LogP contribution in [-0.4, -0.2) is 19.1 Å². The highest BCUT2D eigenvalue weighted by atomic mass is 35.5. The molecule has 0 aliphatic heterocycles. The van der Waals surface area contributed by atoms with Crippen molar-refractivity contribution in [3.63, 3.8) is 0 Å². The van der Waals surface area contributed by atoms with Crippen LogP contribution in [0.3, 0.4) is 0 Å². The molecule has 2 N–H and O–H groups in total. The van der Waals surface area contributed by atoms with Crippen LogP contribution in [0, 0.1) is 0 Å². The van der Waals surface area contributed by atoms with E-state index in [4.69, 9.17) is 22.1 Å². The first-order valence-electron chi connectivity index (χ1n) is 6.44. The van der Waals surface area contributed by atoms with Gasteiger partial charge in [-0.15, -0.1) is 0 Å². The molecule has 0 aliphatic carbocycles. The van der Waals surface area contributed by atoms with Gasteiger partial charge in [0.25, 0.3) is 0 Å². The predicted octanol–water partition coefficient (Wildman–Crippen LogP) is 3.56. The lowest BCUT2D eigenvalue weighted by Crippen LogP contribution is -2.17. The van der Waals surface area contributed by atoms with Gasteiger partial charge in [0.2, 0.25) is 0 Å². The van der Waals surface area contributed by atoms with E-state index in [0.29, 0.717) is 10.7 Å². The summed E-state index contributed by atoms with van der Waals surface area (Å²) >= 11 is 6.19. The van der Waals surface area contributed by atoms with Crippen molar-refractivity contribution in [1.29, 1.82) is 0 Å². The minimum atomic E-state index is 0.691. The summed E-state index contributed by atoms with van der Waals surface area (Å²) < 4.78 is 5.15. The molecule has 0 saturated carbocycles. The van der Waals surface area contributed by atoms with Gasteiger partial charge in [0.15, 0.2) is 0 Å². The maximum atomic E-state index is 6.19. The molecule has 0 bridgehead atoms. The van der Waals surface area contributed by atoms with Crippen LogP contribution in [0.2, 0.25) is 5.02 Å². The fourth-order valence-corrected chi connectivity index (χ4v) is 2.33. The smallest absolute Gasteiger partial charge is 0.118 e. The Morgan fingerprint density at radius 1 is 1.10 bits per heavy atom. The van der Waals surface area contributed by atoms with Gasteiger partial charge in [0.05, 0.1) is 7.11 Å². The van der Waals surface area contributed by atoms with E-state index < -0.39 is 0 Å². The number of benzene rings is 2. The summed E-state index contributed by atoms with van der Waals surface area (Å²) in [4.78, 5) is 2.21. The fourth-order valence-electron chi connectivity index (χ4n) is 2.08. The van der Waals surface area contributed by atoms with E-state index in [1.165, 1.54) is 5.56 Å². The number of anilines is 1. The zero-order valence-corrected chi connectivity index (χ0v) is 12.5. The Labute approximate surface area is 124 Å². The standard InChI is InChI=1S/C16H19ClN2O/c1-19(10-12-3-7-15(20-2)8-4-12)11-13-5-6-14(18)9-16(13)17/h3-9H,10-11,18H2,1-2H3. The second-order valence-corrected chi connectivity index (χ2v) is 5.28. The van der Waals surface area contributed by atoms with Crippen LogP contribution in [0.1, 0.15) is 11.1 Å². The van der Waals surface area contributed by atoms with Crippen LogP contribution in [0.15, 0.2) is 42.5 Å². The zero-order valence-electron chi connectivity index (χ0n) is 11.8. The van der Waals surface area contributed by atoms with Gasteiger partial charge in [0, 0.05) is 23.8 Å². The maximum Gasteiger partial charge on any atom is 0.118 e. The van der Waals surface area contributed by atoms with Gasteiger partial charge in [-0.3, -0.25) is 4.90 Å². The molecule has 0 unspecified atom stereocenters. The maximum absolute atomic E-state index is 6.19. The lowest BCUT2D eigenvalue weighted by atomic mass is 10.1. The number of rotatable bonds is 5. The molecule has 0 spiro atoms. The summed E-state index contributed by atoms with van der Waals surface area (Å²) in [5.41, 5.74) is 8.71. The summed E-state index contributed by atoms with van der Waals surface area (Å²) in [5.74, 6) is 0.873. The molecule has 0 heterocycles. The molecule has 2 aromatic rings. The van der Waals surface area contributed by atoms with Crippen LogP contribution in [-0.2, 0) is 13.1 Å². The SMILES string of the molecule is COc1ccc(CN(C)Cc2ccc(N)cc2Cl)cc1. The molecule has 0 saturated heterocycles. The van der Waals surface area contributed by atoms with E-state index in [1.807, 2.05) is 24.3 Å². The van der Waals surface area contributed by atoms with Crippen LogP contribution in [0.4, 0.5) is 5.69 Å². The number of methoxy groups -OCH3 is 1. The van der Waals surface area contributed by atoms with Gasteiger partial charge in [-0.2, -0.15) is 0 Å². The minimum Gasteiger partial charge on any atom is -0.497 e. The third-order valence-electron chi connectivity index (χ3n) is 3.13. The van der Waals surface area contributed by atoms with Crippen molar-refractivity contribution in [2.75, 3.05) is 19.9 Å². The van der Waals surface area contributed by atoms with E-state index in [1.54, 1.807) is 13.2 Å². The molecule has 0 fully saturated rings. The monoisotopic (exact) mass is 290 g/mol. The summed E-state index contributed by atoms with van der Waals surface area (Å²) in [6.07, 6.45) is 0. The first-order valence-corrected chi connectivity index (χ1v) is 6.81. The zero-order chi connectivity index (χ0) is 14.5. The van der Waals surface area contributed by atoms with Crippen molar-refractivity contribution in [2.24, 2.45) is 0 Å². The van der Waals surface area contributed by atoms with Crippen molar-refractivity contribution >= 4 is 17.3 Å². The Morgan fingerprint density at radius 2 is 1.80 bits per heavy atom. The predicted molar refractivity (Wildman–Crippen MR) is 84.0 cm³/mol. The third-order valence-corrected chi connectivity index (χ3v) is 3.48. The quantitative estimate of drug-likeness (QED) is 0.856. The highest BCUT2D eigenvalue weighted by Crippen LogP contribution is 2.21. The van der Waals surface area contributed by atoms with Gasteiger partial charge in [0.1, 0.15) is 5.75 Å². The number of nitrogens with two attached hydrogens (primary N) is 1. The Balaban J connectivity index is 1.99. The average molecular weight is 291 g/mol. The molecule has 0 aliphatic rings. The number of hydrogen-bond acceptors (Lipinski definition) is 3. The Kier molecular flexibility index (Phi) is 4.88. The van der Waals surface area contributed by atoms with Crippen LogP contribution >= 0.6 is 11.6 Å². The van der Waals surface area contributed by atoms with Crippen molar-refractivity contribution < 1.29 is 4.74 Å². The van der Waals surface area contributed by atoms with Gasteiger partial charge >= 0.3 is 0 Å². The summed E-state index contributed by atoms with van der Waals surface area (Å²) in [5, 5.41) is 0.714. The molecule has 2 aromatic carbocycles. The molecule has 20 heavy (non-hydrogen) atoms. The first-order chi connectivity index (χ1) is 9.58. The summed E-state index contributed by atoms with van der Waals surface area (Å²) in [7, 11) is 3.74. The van der Waals surface area contributed by atoms with Gasteiger partial charge < -0.3 is 10.5 Å². The minimum absolute atomic E-state index is 0.691. The molecule has 4 heteroatoms. The molecular formula is C16H19ClN2O. The molecule has 106 valence electrons. The molecule has 3 nitrogen and oxygen atoms in total. The molecule has 0 amide bonds. The van der Waals surface area contributed by atoms with Crippen LogP contribution < -0.4 is 10.5 Å². The van der Waals surface area contributed by atoms with Gasteiger partial charge in [-0.25, -0.2) is 0 Å². The second-order valence-electron chi connectivity index (χ2n) is 4.87. The van der Waals surface area contributed by atoms with Gasteiger partial charge in [-0.05, 0) is 42.4 Å². The average Bonchev–Trinajstić information content (AvgIpc) is 2.43. The van der Waals surface area contributed by atoms with E-state index in [9.17, 15) is 0 Å². The fraction of sp³-hybridized carbons (Fsp3) is 0.250. The van der Waals surface area contributed by atoms with Crippen molar-refractivity contribution in [2.45, 2.75) is 13.1 Å². The highest BCUT2D eigenvalue weighted by Gasteiger charge is 2.06. The lowest BCUT2D eigenvalue weighted by molar-refractivity contribution is 0.319. The largest absolute Gasteiger partial charge is 0.497 e. The van der Waals surface area contributed by atoms with E-state index in [0.717, 1.165) is 24.4 Å². The molecule has 0 atom stereocenters. The van der Waals surface area contributed by atoms with Crippen LogP contribution in [0.25, 0.3) is 0 Å². The Morgan fingerprint density at radius 3 is 2.40 bits per heavy atom. The van der Waals surface area contributed by atoms with E-state index >= 15 is 0 Å². The molecule has 0 radical (unpaired) electrons. The number of nitrogen functional groups attached to an aromatic ring is 1. The Hall–Kier alpha value is -1.71.